The number of nitrogens with one attached hydrogen (secondary N) is 2. The highest BCUT2D eigenvalue weighted by molar-refractivity contribution is 6.44. The third-order valence-electron chi connectivity index (χ3n) is 3.85. The minimum Gasteiger partial charge on any atom is -0.324 e. The van der Waals surface area contributed by atoms with E-state index >= 15 is 0 Å². The van der Waals surface area contributed by atoms with Crippen molar-refractivity contribution in [1.82, 2.24) is 5.32 Å². The normalized spacial score (nSPS) is 29.6. The second-order valence-corrected chi connectivity index (χ2v) is 5.77. The molecule has 1 aromatic rings. The smallest absolute Gasteiger partial charge is 0.229 e. The van der Waals surface area contributed by atoms with Gasteiger partial charge in [0, 0.05) is 12.1 Å². The first-order chi connectivity index (χ1) is 8.65. The molecule has 0 aliphatic carbocycles. The van der Waals surface area contributed by atoms with Crippen LogP contribution in [0, 0.1) is 5.92 Å². The minimum absolute atomic E-state index is 0.0406. The van der Waals surface area contributed by atoms with Gasteiger partial charge in [0.15, 0.2) is 0 Å². The molecular weight excluding hydrogens is 271 g/mol. The Balaban J connectivity index is 1.73. The van der Waals surface area contributed by atoms with E-state index in [0.717, 1.165) is 12.8 Å². The molecule has 1 amide bonds. The first kappa shape index (κ1) is 12.3. The Morgan fingerprint density at radius 3 is 2.83 bits per heavy atom. The summed E-state index contributed by atoms with van der Waals surface area (Å²) < 4.78 is 0. The van der Waals surface area contributed by atoms with E-state index in [-0.39, 0.29) is 11.8 Å². The Hall–Kier alpha value is -0.770. The predicted octanol–water partition coefficient (Wildman–Crippen LogP) is 3.07. The first-order valence-corrected chi connectivity index (χ1v) is 6.91. The molecule has 2 saturated heterocycles. The number of carbonyl (C=O) groups excluding carboxylic acids is 1. The molecular formula is C13H14Cl2N2O. The van der Waals surface area contributed by atoms with Gasteiger partial charge >= 0.3 is 0 Å². The van der Waals surface area contributed by atoms with Crippen molar-refractivity contribution in [3.63, 3.8) is 0 Å². The van der Waals surface area contributed by atoms with Gasteiger partial charge in [-0.2, -0.15) is 0 Å². The highest BCUT2D eigenvalue weighted by atomic mass is 35.5. The van der Waals surface area contributed by atoms with Crippen molar-refractivity contribution in [3.05, 3.63) is 28.2 Å². The summed E-state index contributed by atoms with van der Waals surface area (Å²) in [7, 11) is 0. The lowest BCUT2D eigenvalue weighted by Gasteiger charge is -2.19. The molecule has 2 N–H and O–H groups in total. The molecule has 0 saturated carbocycles. The van der Waals surface area contributed by atoms with Gasteiger partial charge in [-0.3, -0.25) is 4.79 Å². The fraction of sp³-hybridized carbons (Fsp3) is 0.462. The summed E-state index contributed by atoms with van der Waals surface area (Å²) in [4.78, 5) is 12.2. The van der Waals surface area contributed by atoms with Crippen LogP contribution in [0.1, 0.15) is 19.3 Å². The average molecular weight is 285 g/mol. The van der Waals surface area contributed by atoms with Crippen LogP contribution in [0.4, 0.5) is 5.69 Å². The predicted molar refractivity (Wildman–Crippen MR) is 73.1 cm³/mol. The maximum absolute atomic E-state index is 12.2. The minimum atomic E-state index is 0.0406. The summed E-state index contributed by atoms with van der Waals surface area (Å²) in [5, 5.41) is 7.20. The largest absolute Gasteiger partial charge is 0.324 e. The van der Waals surface area contributed by atoms with E-state index in [2.05, 4.69) is 10.6 Å². The Morgan fingerprint density at radius 1 is 1.33 bits per heavy atom. The van der Waals surface area contributed by atoms with Crippen molar-refractivity contribution in [2.75, 3.05) is 5.32 Å². The van der Waals surface area contributed by atoms with Gasteiger partial charge in [-0.15, -0.1) is 0 Å². The number of anilines is 1. The lowest BCUT2D eigenvalue weighted by atomic mass is 9.88. The van der Waals surface area contributed by atoms with E-state index in [1.807, 2.05) is 0 Å². The van der Waals surface area contributed by atoms with Crippen LogP contribution in [0.25, 0.3) is 0 Å². The van der Waals surface area contributed by atoms with E-state index in [0.29, 0.717) is 27.8 Å². The fourth-order valence-electron chi connectivity index (χ4n) is 2.94. The highest BCUT2D eigenvalue weighted by Gasteiger charge is 2.42. The van der Waals surface area contributed by atoms with Crippen molar-refractivity contribution in [2.45, 2.75) is 31.3 Å². The second kappa shape index (κ2) is 4.72. The number of hydrogen-bond donors (Lipinski definition) is 2. The third kappa shape index (κ3) is 2.11. The van der Waals surface area contributed by atoms with Crippen LogP contribution in [0.15, 0.2) is 18.2 Å². The zero-order chi connectivity index (χ0) is 12.7. The monoisotopic (exact) mass is 284 g/mol. The molecule has 5 heteroatoms. The Labute approximate surface area is 116 Å². The quantitative estimate of drug-likeness (QED) is 0.876. The van der Waals surface area contributed by atoms with Gasteiger partial charge in [0.2, 0.25) is 5.91 Å². The van der Waals surface area contributed by atoms with Gasteiger partial charge in [-0.25, -0.2) is 0 Å². The molecule has 2 aliphatic heterocycles. The lowest BCUT2D eigenvalue weighted by Crippen LogP contribution is -2.32. The van der Waals surface area contributed by atoms with Gasteiger partial charge in [-0.1, -0.05) is 29.3 Å². The van der Waals surface area contributed by atoms with E-state index < -0.39 is 0 Å². The summed E-state index contributed by atoms with van der Waals surface area (Å²) in [6, 6.07) is 6.10. The van der Waals surface area contributed by atoms with Crippen LogP contribution < -0.4 is 10.6 Å². The topological polar surface area (TPSA) is 41.1 Å². The molecule has 0 spiro atoms. The maximum atomic E-state index is 12.2. The zero-order valence-corrected chi connectivity index (χ0v) is 11.3. The summed E-state index contributed by atoms with van der Waals surface area (Å²) in [5.74, 6) is 0.0951. The number of rotatable bonds is 2. The number of fused-ring (bicyclic) bond motifs is 2. The average Bonchev–Trinajstić information content (AvgIpc) is 2.97. The van der Waals surface area contributed by atoms with Gasteiger partial charge < -0.3 is 10.6 Å². The highest BCUT2D eigenvalue weighted by Crippen LogP contribution is 2.35. The van der Waals surface area contributed by atoms with Crippen molar-refractivity contribution in [3.8, 4) is 0 Å². The first-order valence-electron chi connectivity index (χ1n) is 6.16. The number of amides is 1. The number of hydrogen-bond acceptors (Lipinski definition) is 2. The van der Waals surface area contributed by atoms with Crippen LogP contribution in [-0.4, -0.2) is 18.0 Å². The molecule has 3 atom stereocenters. The van der Waals surface area contributed by atoms with Gasteiger partial charge in [0.1, 0.15) is 0 Å². The number of benzene rings is 1. The SMILES string of the molecule is O=C(Nc1cccc(Cl)c1Cl)C1CC2CCC1N2. The van der Waals surface area contributed by atoms with Crippen molar-refractivity contribution >= 4 is 34.8 Å². The van der Waals surface area contributed by atoms with Crippen LogP contribution in [-0.2, 0) is 4.79 Å². The molecule has 0 aromatic heterocycles. The molecule has 2 bridgehead atoms. The molecule has 3 rings (SSSR count). The fourth-order valence-corrected chi connectivity index (χ4v) is 3.29. The van der Waals surface area contributed by atoms with E-state index in [4.69, 9.17) is 23.2 Å². The van der Waals surface area contributed by atoms with E-state index in [9.17, 15) is 4.79 Å². The van der Waals surface area contributed by atoms with Crippen molar-refractivity contribution in [2.24, 2.45) is 5.92 Å². The molecule has 2 heterocycles. The molecule has 18 heavy (non-hydrogen) atoms. The number of carbonyl (C=O) groups is 1. The summed E-state index contributed by atoms with van der Waals surface area (Å²) >= 11 is 12.0. The Kier molecular flexibility index (Phi) is 3.22. The van der Waals surface area contributed by atoms with Crippen LogP contribution in [0.2, 0.25) is 10.0 Å². The molecule has 96 valence electrons. The third-order valence-corrected chi connectivity index (χ3v) is 4.67. The Bertz CT molecular complexity index is 492. The van der Waals surface area contributed by atoms with E-state index in [1.165, 1.54) is 6.42 Å². The van der Waals surface area contributed by atoms with Gasteiger partial charge in [0.05, 0.1) is 21.7 Å². The zero-order valence-electron chi connectivity index (χ0n) is 9.75. The van der Waals surface area contributed by atoms with Crippen molar-refractivity contribution < 1.29 is 4.79 Å². The molecule has 1 aromatic carbocycles. The summed E-state index contributed by atoms with van der Waals surface area (Å²) in [6.07, 6.45) is 3.20. The molecule has 3 nitrogen and oxygen atoms in total. The standard InChI is InChI=1S/C13H14Cl2N2O/c14-9-2-1-3-11(12(9)15)17-13(18)8-6-7-4-5-10(8)16-7/h1-3,7-8,10,16H,4-6H2,(H,17,18). The molecule has 0 radical (unpaired) electrons. The molecule has 2 fully saturated rings. The van der Waals surface area contributed by atoms with Gasteiger partial charge in [0.25, 0.3) is 0 Å². The molecule has 3 unspecified atom stereocenters. The van der Waals surface area contributed by atoms with Crippen molar-refractivity contribution in [1.29, 1.82) is 0 Å². The second-order valence-electron chi connectivity index (χ2n) is 4.98. The maximum Gasteiger partial charge on any atom is 0.229 e. The van der Waals surface area contributed by atoms with Gasteiger partial charge in [-0.05, 0) is 31.4 Å². The lowest BCUT2D eigenvalue weighted by molar-refractivity contribution is -0.120. The summed E-state index contributed by atoms with van der Waals surface area (Å²) in [6.45, 7) is 0. The Morgan fingerprint density at radius 2 is 2.17 bits per heavy atom. The van der Waals surface area contributed by atoms with Crippen LogP contribution in [0.5, 0.6) is 0 Å². The van der Waals surface area contributed by atoms with Crippen LogP contribution >= 0.6 is 23.2 Å². The molecule has 2 aliphatic rings. The summed E-state index contributed by atoms with van der Waals surface area (Å²) in [5.41, 5.74) is 0.594. The number of halogens is 2. The van der Waals surface area contributed by atoms with E-state index in [1.54, 1.807) is 18.2 Å². The van der Waals surface area contributed by atoms with Crippen LogP contribution in [0.3, 0.4) is 0 Å².